The first-order chi connectivity index (χ1) is 13.3. The topological polar surface area (TPSA) is 92.6 Å². The number of hydrogen-bond acceptors (Lipinski definition) is 5. The predicted octanol–water partition coefficient (Wildman–Crippen LogP) is 3.83. The molecule has 0 bridgehead atoms. The van der Waals surface area contributed by atoms with Crippen molar-refractivity contribution in [1.82, 2.24) is 20.0 Å². The number of aromatic nitrogens is 3. The number of halogens is 3. The van der Waals surface area contributed by atoms with E-state index in [1.54, 1.807) is 16.8 Å². The average molecular weight is 440 g/mol. The molecule has 0 aliphatic carbocycles. The first-order valence-corrected chi connectivity index (χ1v) is 9.32. The molecule has 0 saturated heterocycles. The molecule has 3 aromatic rings. The second-order valence-electron chi connectivity index (χ2n) is 6.12. The van der Waals surface area contributed by atoms with E-state index in [9.17, 15) is 4.39 Å². The van der Waals surface area contributed by atoms with Crippen LogP contribution < -0.4 is 16.5 Å². The molecule has 146 valence electrons. The van der Waals surface area contributed by atoms with Gasteiger partial charge in [-0.3, -0.25) is 5.43 Å². The van der Waals surface area contributed by atoms with E-state index in [-0.39, 0.29) is 21.3 Å². The third-order valence-electron chi connectivity index (χ3n) is 3.63. The van der Waals surface area contributed by atoms with Gasteiger partial charge < -0.3 is 11.1 Å². The van der Waals surface area contributed by atoms with E-state index in [0.29, 0.717) is 28.2 Å². The Morgan fingerprint density at radius 2 is 2.14 bits per heavy atom. The SMILES string of the molecule is CC(C)Nc1c(-c2ccc(F)cc2Cl)c(Cl)nc2c(/C=N/NC(N)=S)cnn12. The number of rotatable bonds is 5. The van der Waals surface area contributed by atoms with Gasteiger partial charge >= 0.3 is 0 Å². The van der Waals surface area contributed by atoms with Crippen LogP contribution in [0.25, 0.3) is 16.8 Å². The Bertz CT molecular complexity index is 1080. The van der Waals surface area contributed by atoms with Crippen LogP contribution in [0.15, 0.2) is 29.5 Å². The number of hydrazone groups is 1. The van der Waals surface area contributed by atoms with Gasteiger partial charge in [-0.25, -0.2) is 9.37 Å². The van der Waals surface area contributed by atoms with Crippen molar-refractivity contribution in [3.63, 3.8) is 0 Å². The molecule has 0 atom stereocenters. The van der Waals surface area contributed by atoms with Crippen LogP contribution in [-0.4, -0.2) is 32.0 Å². The lowest BCUT2D eigenvalue weighted by atomic mass is 10.1. The van der Waals surface area contributed by atoms with Crippen molar-refractivity contribution in [3.8, 4) is 11.1 Å². The van der Waals surface area contributed by atoms with Crippen molar-refractivity contribution in [1.29, 1.82) is 0 Å². The summed E-state index contributed by atoms with van der Waals surface area (Å²) >= 11 is 17.5. The number of fused-ring (bicyclic) bond motifs is 1. The van der Waals surface area contributed by atoms with Gasteiger partial charge in [-0.1, -0.05) is 23.2 Å². The first-order valence-electron chi connectivity index (χ1n) is 8.15. The highest BCUT2D eigenvalue weighted by Crippen LogP contribution is 2.39. The monoisotopic (exact) mass is 439 g/mol. The zero-order chi connectivity index (χ0) is 20.4. The molecule has 2 heterocycles. The third kappa shape index (κ3) is 4.16. The van der Waals surface area contributed by atoms with Crippen LogP contribution in [0.2, 0.25) is 10.2 Å². The second-order valence-corrected chi connectivity index (χ2v) is 7.32. The Labute approximate surface area is 175 Å². The van der Waals surface area contributed by atoms with E-state index in [1.807, 2.05) is 13.8 Å². The molecule has 3 rings (SSSR count). The number of thiocarbonyl (C=S) groups is 1. The molecule has 11 heteroatoms. The minimum atomic E-state index is -0.444. The number of anilines is 1. The quantitative estimate of drug-likeness (QED) is 0.242. The zero-order valence-corrected chi connectivity index (χ0v) is 17.2. The molecule has 7 nitrogen and oxygen atoms in total. The van der Waals surface area contributed by atoms with Gasteiger partial charge in [0.25, 0.3) is 0 Å². The number of nitrogens with zero attached hydrogens (tertiary/aromatic N) is 4. The van der Waals surface area contributed by atoms with Crippen LogP contribution in [0.3, 0.4) is 0 Å². The van der Waals surface area contributed by atoms with E-state index in [2.05, 4.69) is 25.9 Å². The summed E-state index contributed by atoms with van der Waals surface area (Å²) in [5.74, 6) is 0.126. The minimum absolute atomic E-state index is 0.0362. The van der Waals surface area contributed by atoms with Gasteiger partial charge in [0.2, 0.25) is 0 Å². The smallest absolute Gasteiger partial charge is 0.184 e. The lowest BCUT2D eigenvalue weighted by molar-refractivity contribution is 0.628. The van der Waals surface area contributed by atoms with E-state index < -0.39 is 5.82 Å². The fraction of sp³-hybridized carbons (Fsp3) is 0.176. The molecule has 2 aromatic heterocycles. The Hall–Kier alpha value is -2.49. The van der Waals surface area contributed by atoms with E-state index >= 15 is 0 Å². The van der Waals surface area contributed by atoms with Crippen LogP contribution in [0, 0.1) is 5.82 Å². The molecule has 1 aromatic carbocycles. The highest BCUT2D eigenvalue weighted by molar-refractivity contribution is 7.80. The fourth-order valence-corrected chi connectivity index (χ4v) is 3.16. The highest BCUT2D eigenvalue weighted by Gasteiger charge is 2.21. The summed E-state index contributed by atoms with van der Waals surface area (Å²) in [6.45, 7) is 3.93. The average Bonchev–Trinajstić information content (AvgIpc) is 2.98. The van der Waals surface area contributed by atoms with Crippen molar-refractivity contribution in [2.75, 3.05) is 5.32 Å². The molecule has 0 saturated carbocycles. The van der Waals surface area contributed by atoms with Gasteiger partial charge in [-0.15, -0.1) is 0 Å². The maximum absolute atomic E-state index is 13.5. The van der Waals surface area contributed by atoms with Crippen molar-refractivity contribution in [3.05, 3.63) is 46.0 Å². The number of benzene rings is 1. The lowest BCUT2D eigenvalue weighted by Crippen LogP contribution is -2.24. The third-order valence-corrected chi connectivity index (χ3v) is 4.31. The minimum Gasteiger partial charge on any atom is -0.375 e. The van der Waals surface area contributed by atoms with E-state index in [0.717, 1.165) is 0 Å². The van der Waals surface area contributed by atoms with Crippen LogP contribution in [0.5, 0.6) is 0 Å². The molecule has 0 aliphatic heterocycles. The van der Waals surface area contributed by atoms with Gasteiger partial charge in [0.15, 0.2) is 10.8 Å². The fourth-order valence-electron chi connectivity index (χ4n) is 2.58. The Balaban J connectivity index is 2.23. The predicted molar refractivity (Wildman–Crippen MR) is 115 cm³/mol. The Morgan fingerprint density at radius 1 is 1.39 bits per heavy atom. The summed E-state index contributed by atoms with van der Waals surface area (Å²) in [7, 11) is 0. The van der Waals surface area contributed by atoms with Gasteiger partial charge in [0.05, 0.1) is 28.6 Å². The van der Waals surface area contributed by atoms with Gasteiger partial charge in [0, 0.05) is 11.6 Å². The normalized spacial score (nSPS) is 11.5. The van der Waals surface area contributed by atoms with Crippen molar-refractivity contribution in [2.24, 2.45) is 10.8 Å². The van der Waals surface area contributed by atoms with Crippen molar-refractivity contribution in [2.45, 2.75) is 19.9 Å². The number of nitrogens with one attached hydrogen (secondary N) is 2. The summed E-state index contributed by atoms with van der Waals surface area (Å²) in [6, 6.07) is 4.13. The summed E-state index contributed by atoms with van der Waals surface area (Å²) in [5, 5.41) is 12.0. The second kappa shape index (κ2) is 8.26. The van der Waals surface area contributed by atoms with Gasteiger partial charge in [-0.2, -0.15) is 14.7 Å². The maximum Gasteiger partial charge on any atom is 0.184 e. The molecule has 0 fully saturated rings. The van der Waals surface area contributed by atoms with Crippen molar-refractivity contribution >= 4 is 58.2 Å². The van der Waals surface area contributed by atoms with Crippen LogP contribution in [0.4, 0.5) is 10.2 Å². The molecule has 0 amide bonds. The maximum atomic E-state index is 13.5. The Kier molecular flexibility index (Phi) is 5.97. The molecule has 0 radical (unpaired) electrons. The summed E-state index contributed by atoms with van der Waals surface area (Å²) in [5.41, 5.74) is 9.93. The van der Waals surface area contributed by atoms with Crippen LogP contribution in [0.1, 0.15) is 19.4 Å². The van der Waals surface area contributed by atoms with Gasteiger partial charge in [-0.05, 0) is 44.3 Å². The standard InChI is InChI=1S/C17H16Cl2FN7S/c1-8(2)24-16-13(11-4-3-10(20)5-12(11)18)14(19)25-15-9(7-23-27(15)16)6-22-26-17(21)28/h3-8,24H,1-2H3,(H3,21,26,28)/b22-6+. The van der Waals surface area contributed by atoms with Crippen LogP contribution >= 0.6 is 35.4 Å². The zero-order valence-electron chi connectivity index (χ0n) is 14.9. The molecule has 0 spiro atoms. The highest BCUT2D eigenvalue weighted by atomic mass is 35.5. The van der Waals surface area contributed by atoms with E-state index in [1.165, 1.54) is 18.3 Å². The molecule has 4 N–H and O–H groups in total. The number of nitrogens with two attached hydrogens (primary N) is 1. The summed E-state index contributed by atoms with van der Waals surface area (Å²) in [6.07, 6.45) is 3.06. The molecule has 0 aliphatic rings. The van der Waals surface area contributed by atoms with Gasteiger partial charge in [0.1, 0.15) is 16.8 Å². The Morgan fingerprint density at radius 3 is 2.79 bits per heavy atom. The van der Waals surface area contributed by atoms with Crippen molar-refractivity contribution < 1.29 is 4.39 Å². The largest absolute Gasteiger partial charge is 0.375 e. The molecular weight excluding hydrogens is 424 g/mol. The molecular formula is C17H16Cl2FN7S. The summed E-state index contributed by atoms with van der Waals surface area (Å²) < 4.78 is 15.1. The lowest BCUT2D eigenvalue weighted by Gasteiger charge is -2.18. The molecule has 0 unspecified atom stereocenters. The first kappa shape index (κ1) is 20.2. The van der Waals surface area contributed by atoms with Crippen LogP contribution in [-0.2, 0) is 0 Å². The number of hydrogen-bond donors (Lipinski definition) is 3. The summed E-state index contributed by atoms with van der Waals surface area (Å²) in [4.78, 5) is 4.43. The molecule has 28 heavy (non-hydrogen) atoms. The van der Waals surface area contributed by atoms with E-state index in [4.69, 9.17) is 41.2 Å².